The summed E-state index contributed by atoms with van der Waals surface area (Å²) in [7, 11) is 3.24. The van der Waals surface area contributed by atoms with E-state index in [-0.39, 0.29) is 11.7 Å². The molecule has 9 heteroatoms. The second kappa shape index (κ2) is 6.77. The summed E-state index contributed by atoms with van der Waals surface area (Å²) in [5, 5.41) is 15.0. The summed E-state index contributed by atoms with van der Waals surface area (Å²) in [6.45, 7) is 1.86. The summed E-state index contributed by atoms with van der Waals surface area (Å²) in [5.41, 5.74) is 1.44. The molecule has 0 saturated carbocycles. The van der Waals surface area contributed by atoms with Gasteiger partial charge < -0.3 is 10.1 Å². The van der Waals surface area contributed by atoms with Crippen LogP contribution in [-0.2, 0) is 11.8 Å². The molecular weight excluding hydrogens is 314 g/mol. The number of nitrogens with one attached hydrogen (secondary N) is 1. The van der Waals surface area contributed by atoms with Gasteiger partial charge in [-0.25, -0.2) is 4.68 Å². The Balaban J connectivity index is 2.02. The zero-order valence-corrected chi connectivity index (χ0v) is 13.3. The van der Waals surface area contributed by atoms with Gasteiger partial charge in [0.25, 0.3) is 0 Å². The maximum Gasteiger partial charge on any atom is 0.234 e. The number of ether oxygens (including phenoxy) is 1. The quantitative estimate of drug-likeness (QED) is 0.845. The first-order valence-electron chi connectivity index (χ1n) is 6.00. The van der Waals surface area contributed by atoms with E-state index in [1.54, 1.807) is 19.2 Å². The number of carbonyl (C=O) groups is 1. The molecule has 0 unspecified atom stereocenters. The maximum absolute atomic E-state index is 12.0. The molecule has 0 saturated heterocycles. The average Bonchev–Trinajstić information content (AvgIpc) is 2.86. The van der Waals surface area contributed by atoms with E-state index in [0.717, 1.165) is 5.56 Å². The minimum atomic E-state index is -0.178. The molecule has 0 spiro atoms. The molecule has 0 atom stereocenters. The number of benzene rings is 1. The summed E-state index contributed by atoms with van der Waals surface area (Å²) < 4.78 is 6.71. The van der Waals surface area contributed by atoms with Crippen LogP contribution in [-0.4, -0.2) is 39.0 Å². The first-order valence-corrected chi connectivity index (χ1v) is 7.36. The number of rotatable bonds is 5. The first kappa shape index (κ1) is 15.6. The predicted molar refractivity (Wildman–Crippen MR) is 80.9 cm³/mol. The number of aromatic nitrogens is 4. The Morgan fingerprint density at radius 1 is 1.52 bits per heavy atom. The Kier molecular flexibility index (Phi) is 5.03. The van der Waals surface area contributed by atoms with Crippen molar-refractivity contribution in [3.8, 4) is 5.75 Å². The summed E-state index contributed by atoms with van der Waals surface area (Å²) in [6, 6.07) is 3.44. The molecule has 7 nitrogen and oxygen atoms in total. The molecule has 2 aromatic rings. The number of halogens is 1. The molecule has 112 valence electrons. The van der Waals surface area contributed by atoms with E-state index in [4.69, 9.17) is 16.3 Å². The number of nitrogens with zero attached hydrogens (tertiary/aromatic N) is 4. The van der Waals surface area contributed by atoms with Gasteiger partial charge in [0.15, 0.2) is 0 Å². The number of anilines is 1. The monoisotopic (exact) mass is 327 g/mol. The maximum atomic E-state index is 12.0. The van der Waals surface area contributed by atoms with Crippen LogP contribution in [0.25, 0.3) is 0 Å². The van der Waals surface area contributed by atoms with Gasteiger partial charge in [-0.15, -0.1) is 5.10 Å². The average molecular weight is 328 g/mol. The van der Waals surface area contributed by atoms with E-state index >= 15 is 0 Å². The molecule has 1 aromatic carbocycles. The summed E-state index contributed by atoms with van der Waals surface area (Å²) in [4.78, 5) is 12.0. The van der Waals surface area contributed by atoms with Gasteiger partial charge in [0.1, 0.15) is 5.75 Å². The number of amides is 1. The van der Waals surface area contributed by atoms with E-state index in [2.05, 4.69) is 20.8 Å². The third-order valence-corrected chi connectivity index (χ3v) is 4.09. The molecule has 2 rings (SSSR count). The van der Waals surface area contributed by atoms with Crippen LogP contribution >= 0.6 is 23.4 Å². The van der Waals surface area contributed by atoms with Crippen molar-refractivity contribution in [2.75, 3.05) is 18.2 Å². The normalized spacial score (nSPS) is 10.5. The standard InChI is InChI=1S/C12H14ClN5O2S/c1-7-4-9(10(20-3)5-8(7)13)14-11(19)6-21-12-15-16-17-18(12)2/h4-5H,6H2,1-3H3,(H,14,19). The fraction of sp³-hybridized carbons (Fsp3) is 0.333. The van der Waals surface area contributed by atoms with Gasteiger partial charge in [0.05, 0.1) is 18.6 Å². The molecule has 1 N–H and O–H groups in total. The summed E-state index contributed by atoms with van der Waals surface area (Å²) in [5.74, 6) is 0.534. The van der Waals surface area contributed by atoms with Crippen molar-refractivity contribution >= 4 is 35.0 Å². The molecule has 1 amide bonds. The lowest BCUT2D eigenvalue weighted by Crippen LogP contribution is -2.15. The van der Waals surface area contributed by atoms with E-state index in [0.29, 0.717) is 21.6 Å². The second-order valence-electron chi connectivity index (χ2n) is 4.22. The molecule has 0 aliphatic rings. The van der Waals surface area contributed by atoms with Crippen molar-refractivity contribution in [3.05, 3.63) is 22.7 Å². The van der Waals surface area contributed by atoms with Gasteiger partial charge in [-0.3, -0.25) is 4.79 Å². The molecule has 0 radical (unpaired) electrons. The molecule has 21 heavy (non-hydrogen) atoms. The lowest BCUT2D eigenvalue weighted by molar-refractivity contribution is -0.113. The third-order valence-electron chi connectivity index (χ3n) is 2.67. The SMILES string of the molecule is COc1cc(Cl)c(C)cc1NC(=O)CSc1nnnn1C. The highest BCUT2D eigenvalue weighted by molar-refractivity contribution is 7.99. The highest BCUT2D eigenvalue weighted by Crippen LogP contribution is 2.31. The molecular formula is C12H14ClN5O2S. The van der Waals surface area contributed by atoms with E-state index < -0.39 is 0 Å². The molecule has 0 aliphatic heterocycles. The molecule has 0 aliphatic carbocycles. The van der Waals surface area contributed by atoms with E-state index in [1.807, 2.05) is 6.92 Å². The number of hydrogen-bond acceptors (Lipinski definition) is 6. The Morgan fingerprint density at radius 2 is 2.29 bits per heavy atom. The zero-order valence-electron chi connectivity index (χ0n) is 11.8. The Hall–Kier alpha value is -1.80. The fourth-order valence-corrected chi connectivity index (χ4v) is 2.39. The van der Waals surface area contributed by atoms with Crippen molar-refractivity contribution in [2.45, 2.75) is 12.1 Å². The summed E-state index contributed by atoms with van der Waals surface area (Å²) in [6.07, 6.45) is 0. The van der Waals surface area contributed by atoms with Crippen molar-refractivity contribution in [3.63, 3.8) is 0 Å². The molecule has 1 heterocycles. The van der Waals surface area contributed by atoms with Crippen LogP contribution in [0.5, 0.6) is 5.75 Å². The van der Waals surface area contributed by atoms with Crippen LogP contribution in [0.15, 0.2) is 17.3 Å². The summed E-state index contributed by atoms with van der Waals surface area (Å²) >= 11 is 7.28. The number of hydrogen-bond donors (Lipinski definition) is 1. The largest absolute Gasteiger partial charge is 0.495 e. The molecule has 0 fully saturated rings. The van der Waals surface area contributed by atoms with Gasteiger partial charge in [-0.1, -0.05) is 23.4 Å². The number of methoxy groups -OCH3 is 1. The fourth-order valence-electron chi connectivity index (χ4n) is 1.59. The van der Waals surface area contributed by atoms with Crippen LogP contribution in [0.3, 0.4) is 0 Å². The molecule has 1 aromatic heterocycles. The van der Waals surface area contributed by atoms with Gasteiger partial charge in [-0.2, -0.15) is 0 Å². The highest BCUT2D eigenvalue weighted by atomic mass is 35.5. The van der Waals surface area contributed by atoms with Gasteiger partial charge in [-0.05, 0) is 29.0 Å². The minimum absolute atomic E-state index is 0.178. The Morgan fingerprint density at radius 3 is 2.90 bits per heavy atom. The molecule has 0 bridgehead atoms. The first-order chi connectivity index (χ1) is 10.0. The van der Waals surface area contributed by atoms with Crippen LogP contribution in [0.1, 0.15) is 5.56 Å². The Bertz CT molecular complexity index is 661. The lowest BCUT2D eigenvalue weighted by atomic mass is 10.2. The number of thioether (sulfide) groups is 1. The van der Waals surface area contributed by atoms with Crippen molar-refractivity contribution in [1.82, 2.24) is 20.2 Å². The van der Waals surface area contributed by atoms with E-state index in [9.17, 15) is 4.79 Å². The smallest absolute Gasteiger partial charge is 0.234 e. The second-order valence-corrected chi connectivity index (χ2v) is 5.57. The van der Waals surface area contributed by atoms with Crippen LogP contribution in [0, 0.1) is 6.92 Å². The van der Waals surface area contributed by atoms with Crippen LogP contribution in [0.4, 0.5) is 5.69 Å². The van der Waals surface area contributed by atoms with Crippen molar-refractivity contribution < 1.29 is 9.53 Å². The van der Waals surface area contributed by atoms with Gasteiger partial charge in [0, 0.05) is 18.1 Å². The number of aryl methyl sites for hydroxylation is 2. The van der Waals surface area contributed by atoms with Crippen LogP contribution < -0.4 is 10.1 Å². The van der Waals surface area contributed by atoms with Crippen LogP contribution in [0.2, 0.25) is 5.02 Å². The topological polar surface area (TPSA) is 81.9 Å². The lowest BCUT2D eigenvalue weighted by Gasteiger charge is -2.12. The van der Waals surface area contributed by atoms with Gasteiger partial charge in [0.2, 0.25) is 11.1 Å². The predicted octanol–water partition coefficient (Wildman–Crippen LogP) is 1.91. The third kappa shape index (κ3) is 3.85. The highest BCUT2D eigenvalue weighted by Gasteiger charge is 2.12. The van der Waals surface area contributed by atoms with Crippen molar-refractivity contribution in [1.29, 1.82) is 0 Å². The minimum Gasteiger partial charge on any atom is -0.495 e. The Labute approximate surface area is 131 Å². The van der Waals surface area contributed by atoms with E-state index in [1.165, 1.54) is 23.6 Å². The van der Waals surface area contributed by atoms with Crippen molar-refractivity contribution in [2.24, 2.45) is 7.05 Å². The number of carbonyl (C=O) groups excluding carboxylic acids is 1. The number of tetrazole rings is 1. The van der Waals surface area contributed by atoms with Gasteiger partial charge >= 0.3 is 0 Å². The zero-order chi connectivity index (χ0) is 15.4.